The van der Waals surface area contributed by atoms with Crippen molar-refractivity contribution >= 4 is 23.2 Å². The number of aliphatic hydroxyl groups excluding tert-OH is 1. The Morgan fingerprint density at radius 2 is 2.21 bits per heavy atom. The molecule has 1 rings (SSSR count). The van der Waals surface area contributed by atoms with Crippen LogP contribution in [0.4, 0.5) is 0 Å². The van der Waals surface area contributed by atoms with Crippen LogP contribution in [0.2, 0.25) is 0 Å². The Hall–Kier alpha value is -1.40. The van der Waals surface area contributed by atoms with Crippen molar-refractivity contribution in [2.45, 2.75) is 26.2 Å². The number of hydrogen-bond donors (Lipinski definition) is 3. The second-order valence-corrected chi connectivity index (χ2v) is 5.35. The lowest BCUT2D eigenvalue weighted by atomic mass is 10.0. The van der Waals surface area contributed by atoms with Gasteiger partial charge in [-0.25, -0.2) is 0 Å². The van der Waals surface area contributed by atoms with Gasteiger partial charge in [0.2, 0.25) is 5.91 Å². The molecule has 6 heteroatoms. The minimum absolute atomic E-state index is 0.130. The molecule has 4 N–H and O–H groups in total. The number of rotatable bonds is 8. The van der Waals surface area contributed by atoms with E-state index < -0.39 is 5.91 Å². The smallest absolute Gasteiger partial charge is 0.261 e. The molecule has 19 heavy (non-hydrogen) atoms. The van der Waals surface area contributed by atoms with Gasteiger partial charge in [0.1, 0.15) is 0 Å². The van der Waals surface area contributed by atoms with E-state index in [4.69, 9.17) is 10.8 Å². The molecule has 0 saturated carbocycles. The first-order valence-corrected chi connectivity index (χ1v) is 7.23. The van der Waals surface area contributed by atoms with Crippen molar-refractivity contribution in [3.05, 3.63) is 21.9 Å². The maximum atomic E-state index is 11.9. The monoisotopic (exact) mass is 284 g/mol. The molecule has 0 aliphatic carbocycles. The van der Waals surface area contributed by atoms with Gasteiger partial charge < -0.3 is 16.2 Å². The zero-order valence-electron chi connectivity index (χ0n) is 11.0. The third-order valence-electron chi connectivity index (χ3n) is 2.89. The SMILES string of the molecule is CCCC(CCO)CNC(=O)c1cc(C(N)=O)cs1. The van der Waals surface area contributed by atoms with Crippen LogP contribution in [0.15, 0.2) is 11.4 Å². The van der Waals surface area contributed by atoms with Crippen LogP contribution in [-0.4, -0.2) is 30.1 Å². The Bertz CT molecular complexity index is 425. The molecule has 0 spiro atoms. The molecule has 0 fully saturated rings. The van der Waals surface area contributed by atoms with Gasteiger partial charge in [-0.15, -0.1) is 11.3 Å². The quantitative estimate of drug-likeness (QED) is 0.673. The number of nitrogens with two attached hydrogens (primary N) is 1. The van der Waals surface area contributed by atoms with E-state index in [9.17, 15) is 9.59 Å². The fourth-order valence-electron chi connectivity index (χ4n) is 1.85. The Morgan fingerprint density at radius 1 is 1.47 bits per heavy atom. The maximum absolute atomic E-state index is 11.9. The summed E-state index contributed by atoms with van der Waals surface area (Å²) in [5.41, 5.74) is 5.49. The van der Waals surface area contributed by atoms with E-state index in [1.165, 1.54) is 17.4 Å². The van der Waals surface area contributed by atoms with Crippen molar-refractivity contribution in [1.82, 2.24) is 5.32 Å². The molecule has 1 aromatic heterocycles. The van der Waals surface area contributed by atoms with E-state index in [-0.39, 0.29) is 18.4 Å². The number of nitrogens with one attached hydrogen (secondary N) is 1. The largest absolute Gasteiger partial charge is 0.396 e. The highest BCUT2D eigenvalue weighted by molar-refractivity contribution is 7.12. The Labute approximate surface area is 116 Å². The molecular formula is C13H20N2O3S. The van der Waals surface area contributed by atoms with Crippen molar-refractivity contribution in [2.24, 2.45) is 11.7 Å². The summed E-state index contributed by atoms with van der Waals surface area (Å²) in [5.74, 6) is -0.439. The van der Waals surface area contributed by atoms with Gasteiger partial charge in [0.25, 0.3) is 5.91 Å². The molecule has 1 atom stereocenters. The van der Waals surface area contributed by atoms with Crippen LogP contribution >= 0.6 is 11.3 Å². The molecule has 0 bridgehead atoms. The van der Waals surface area contributed by atoms with Crippen LogP contribution < -0.4 is 11.1 Å². The average Bonchev–Trinajstić information content (AvgIpc) is 2.86. The Kier molecular flexibility index (Phi) is 6.52. The van der Waals surface area contributed by atoms with Gasteiger partial charge in [0, 0.05) is 18.5 Å². The lowest BCUT2D eigenvalue weighted by molar-refractivity contribution is 0.0947. The second kappa shape index (κ2) is 7.91. The number of carbonyl (C=O) groups is 2. The van der Waals surface area contributed by atoms with Gasteiger partial charge in [0.05, 0.1) is 10.4 Å². The molecule has 1 aromatic rings. The third-order valence-corrected chi connectivity index (χ3v) is 3.82. The first-order valence-electron chi connectivity index (χ1n) is 6.35. The minimum atomic E-state index is -0.528. The van der Waals surface area contributed by atoms with Gasteiger partial charge >= 0.3 is 0 Å². The van der Waals surface area contributed by atoms with Crippen LogP contribution in [0.1, 0.15) is 46.2 Å². The molecule has 0 aromatic carbocycles. The van der Waals surface area contributed by atoms with Crippen LogP contribution in [0.25, 0.3) is 0 Å². The van der Waals surface area contributed by atoms with Gasteiger partial charge in [-0.2, -0.15) is 0 Å². The Balaban J connectivity index is 2.51. The molecule has 1 unspecified atom stereocenters. The van der Waals surface area contributed by atoms with Crippen molar-refractivity contribution in [1.29, 1.82) is 0 Å². The fourth-order valence-corrected chi connectivity index (χ4v) is 2.66. The first-order chi connectivity index (χ1) is 9.08. The third kappa shape index (κ3) is 5.00. The number of carbonyl (C=O) groups excluding carboxylic acids is 2. The summed E-state index contributed by atoms with van der Waals surface area (Å²) in [6.07, 6.45) is 2.67. The fraction of sp³-hybridized carbons (Fsp3) is 0.538. The highest BCUT2D eigenvalue weighted by Gasteiger charge is 2.13. The maximum Gasteiger partial charge on any atom is 0.261 e. The van der Waals surface area contributed by atoms with Crippen molar-refractivity contribution in [3.8, 4) is 0 Å². The molecule has 0 aliphatic rings. The average molecular weight is 284 g/mol. The van der Waals surface area contributed by atoms with E-state index in [0.717, 1.165) is 12.8 Å². The number of amides is 2. The number of aliphatic hydroxyl groups is 1. The summed E-state index contributed by atoms with van der Waals surface area (Å²) in [7, 11) is 0. The Morgan fingerprint density at radius 3 is 2.74 bits per heavy atom. The highest BCUT2D eigenvalue weighted by Crippen LogP contribution is 2.15. The molecule has 0 radical (unpaired) electrons. The molecule has 5 nitrogen and oxygen atoms in total. The van der Waals surface area contributed by atoms with Crippen molar-refractivity contribution in [2.75, 3.05) is 13.2 Å². The van der Waals surface area contributed by atoms with Crippen LogP contribution in [0, 0.1) is 5.92 Å². The molecule has 0 saturated heterocycles. The topological polar surface area (TPSA) is 92.4 Å². The summed E-state index contributed by atoms with van der Waals surface area (Å²) >= 11 is 1.20. The van der Waals surface area contributed by atoms with Gasteiger partial charge in [-0.3, -0.25) is 9.59 Å². The second-order valence-electron chi connectivity index (χ2n) is 4.44. The number of hydrogen-bond acceptors (Lipinski definition) is 4. The lowest BCUT2D eigenvalue weighted by Crippen LogP contribution is -2.29. The predicted molar refractivity (Wildman–Crippen MR) is 75.3 cm³/mol. The van der Waals surface area contributed by atoms with Gasteiger partial charge in [-0.05, 0) is 24.8 Å². The van der Waals surface area contributed by atoms with E-state index in [1.807, 2.05) is 0 Å². The number of primary amides is 1. The zero-order valence-corrected chi connectivity index (χ0v) is 11.8. The van der Waals surface area contributed by atoms with Crippen LogP contribution in [0.5, 0.6) is 0 Å². The number of thiophene rings is 1. The lowest BCUT2D eigenvalue weighted by Gasteiger charge is -2.15. The van der Waals surface area contributed by atoms with E-state index in [0.29, 0.717) is 23.4 Å². The first kappa shape index (κ1) is 15.7. The normalized spacial score (nSPS) is 12.1. The van der Waals surface area contributed by atoms with Crippen molar-refractivity contribution < 1.29 is 14.7 Å². The van der Waals surface area contributed by atoms with E-state index >= 15 is 0 Å². The summed E-state index contributed by atoms with van der Waals surface area (Å²) in [4.78, 5) is 23.3. The summed E-state index contributed by atoms with van der Waals surface area (Å²) in [6, 6.07) is 1.50. The summed E-state index contributed by atoms with van der Waals surface area (Å²) in [6.45, 7) is 2.74. The molecule has 106 valence electrons. The zero-order chi connectivity index (χ0) is 14.3. The van der Waals surface area contributed by atoms with Crippen LogP contribution in [-0.2, 0) is 0 Å². The molecule has 0 aliphatic heterocycles. The highest BCUT2D eigenvalue weighted by atomic mass is 32.1. The predicted octanol–water partition coefficient (Wildman–Crippen LogP) is 1.38. The van der Waals surface area contributed by atoms with Gasteiger partial charge in [0.15, 0.2) is 0 Å². The van der Waals surface area contributed by atoms with E-state index in [1.54, 1.807) is 5.38 Å². The minimum Gasteiger partial charge on any atom is -0.396 e. The summed E-state index contributed by atoms with van der Waals surface area (Å²) in [5, 5.41) is 13.4. The standard InChI is InChI=1S/C13H20N2O3S/c1-2-3-9(4-5-16)7-15-13(18)11-6-10(8-19-11)12(14)17/h6,8-9,16H,2-5,7H2,1H3,(H2,14,17)(H,15,18). The van der Waals surface area contributed by atoms with Crippen LogP contribution in [0.3, 0.4) is 0 Å². The van der Waals surface area contributed by atoms with Gasteiger partial charge in [-0.1, -0.05) is 13.3 Å². The molecule has 1 heterocycles. The molecular weight excluding hydrogens is 264 g/mol. The molecule has 2 amide bonds. The summed E-state index contributed by atoms with van der Waals surface area (Å²) < 4.78 is 0. The van der Waals surface area contributed by atoms with Crippen molar-refractivity contribution in [3.63, 3.8) is 0 Å². The van der Waals surface area contributed by atoms with E-state index in [2.05, 4.69) is 12.2 Å².